The molecule has 1 amide bonds. The number of anilines is 1. The van der Waals surface area contributed by atoms with E-state index in [1.807, 2.05) is 54.5 Å². The van der Waals surface area contributed by atoms with Crippen LogP contribution in [0.15, 0.2) is 58.8 Å². The molecule has 0 fully saturated rings. The van der Waals surface area contributed by atoms with Gasteiger partial charge in [0, 0.05) is 18.8 Å². The standard InChI is InChI=1S/C22H22N2O3S2/c1-15-5-8-20(12-16(15)2)29(26,27)23-19-7-6-17-9-10-24(14-18(17)13-19)22(25)21-4-3-11-28-21/h3-8,11-13,23H,9-10,14H2,1-2H3. The maximum atomic E-state index is 12.8. The van der Waals surface area contributed by atoms with E-state index in [-0.39, 0.29) is 10.8 Å². The van der Waals surface area contributed by atoms with E-state index in [9.17, 15) is 13.2 Å². The normalized spacial score (nSPS) is 13.8. The van der Waals surface area contributed by atoms with Crippen LogP contribution in [-0.2, 0) is 23.0 Å². The molecule has 0 aliphatic carbocycles. The van der Waals surface area contributed by atoms with Crippen molar-refractivity contribution in [2.75, 3.05) is 11.3 Å². The number of amides is 1. The number of thiophene rings is 1. The maximum Gasteiger partial charge on any atom is 0.264 e. The fourth-order valence-corrected chi connectivity index (χ4v) is 5.27. The molecular weight excluding hydrogens is 404 g/mol. The van der Waals surface area contributed by atoms with Gasteiger partial charge in [-0.25, -0.2) is 8.42 Å². The maximum absolute atomic E-state index is 12.8. The molecule has 5 nitrogen and oxygen atoms in total. The predicted molar refractivity (Wildman–Crippen MR) is 116 cm³/mol. The highest BCUT2D eigenvalue weighted by atomic mass is 32.2. The summed E-state index contributed by atoms with van der Waals surface area (Å²) in [5.41, 5.74) is 4.61. The Bertz CT molecular complexity index is 1170. The average molecular weight is 427 g/mol. The summed E-state index contributed by atoms with van der Waals surface area (Å²) in [6, 6.07) is 14.4. The van der Waals surface area contributed by atoms with Crippen LogP contribution in [-0.4, -0.2) is 25.8 Å². The molecule has 7 heteroatoms. The van der Waals surface area contributed by atoms with E-state index in [0.29, 0.717) is 18.8 Å². The molecule has 3 aromatic rings. The molecule has 0 radical (unpaired) electrons. The van der Waals surface area contributed by atoms with Gasteiger partial charge < -0.3 is 4.90 Å². The number of aryl methyl sites for hydroxylation is 2. The Labute approximate surface area is 175 Å². The second-order valence-electron chi connectivity index (χ2n) is 7.29. The molecule has 29 heavy (non-hydrogen) atoms. The zero-order valence-electron chi connectivity index (χ0n) is 16.3. The predicted octanol–water partition coefficient (Wildman–Crippen LogP) is 4.36. The third-order valence-electron chi connectivity index (χ3n) is 5.28. The number of sulfonamides is 1. The van der Waals surface area contributed by atoms with E-state index < -0.39 is 10.0 Å². The number of hydrogen-bond donors (Lipinski definition) is 1. The van der Waals surface area contributed by atoms with Crippen molar-refractivity contribution in [2.45, 2.75) is 31.7 Å². The van der Waals surface area contributed by atoms with E-state index in [4.69, 9.17) is 0 Å². The Hall–Kier alpha value is -2.64. The summed E-state index contributed by atoms with van der Waals surface area (Å²) >= 11 is 1.43. The van der Waals surface area contributed by atoms with E-state index in [0.717, 1.165) is 33.6 Å². The monoisotopic (exact) mass is 426 g/mol. The summed E-state index contributed by atoms with van der Waals surface area (Å²) < 4.78 is 28.2. The minimum absolute atomic E-state index is 0.0202. The van der Waals surface area contributed by atoms with Gasteiger partial charge in [-0.05, 0) is 78.2 Å². The van der Waals surface area contributed by atoms with Gasteiger partial charge in [-0.3, -0.25) is 9.52 Å². The van der Waals surface area contributed by atoms with Crippen LogP contribution >= 0.6 is 11.3 Å². The number of carbonyl (C=O) groups is 1. The zero-order valence-corrected chi connectivity index (χ0v) is 17.9. The SMILES string of the molecule is Cc1ccc(S(=O)(=O)Nc2ccc3c(c2)CN(C(=O)c2cccs2)CC3)cc1C. The van der Waals surface area contributed by atoms with Crippen molar-refractivity contribution in [1.82, 2.24) is 4.90 Å². The van der Waals surface area contributed by atoms with E-state index in [2.05, 4.69) is 4.72 Å². The van der Waals surface area contributed by atoms with E-state index >= 15 is 0 Å². The van der Waals surface area contributed by atoms with Crippen molar-refractivity contribution in [3.8, 4) is 0 Å². The van der Waals surface area contributed by atoms with Crippen molar-refractivity contribution >= 4 is 33.0 Å². The minimum Gasteiger partial charge on any atom is -0.333 e. The van der Waals surface area contributed by atoms with Crippen LogP contribution in [0, 0.1) is 13.8 Å². The van der Waals surface area contributed by atoms with Gasteiger partial charge in [0.25, 0.3) is 15.9 Å². The fraction of sp³-hybridized carbons (Fsp3) is 0.227. The van der Waals surface area contributed by atoms with Crippen LogP contribution in [0.2, 0.25) is 0 Å². The molecule has 0 bridgehead atoms. The Morgan fingerprint density at radius 2 is 1.86 bits per heavy atom. The quantitative estimate of drug-likeness (QED) is 0.674. The third kappa shape index (κ3) is 4.06. The van der Waals surface area contributed by atoms with Crippen molar-refractivity contribution < 1.29 is 13.2 Å². The molecule has 1 aromatic heterocycles. The fourth-order valence-electron chi connectivity index (χ4n) is 3.45. The number of nitrogens with zero attached hydrogens (tertiary/aromatic N) is 1. The van der Waals surface area contributed by atoms with Crippen LogP contribution < -0.4 is 4.72 Å². The van der Waals surface area contributed by atoms with Crippen molar-refractivity contribution in [3.63, 3.8) is 0 Å². The van der Waals surface area contributed by atoms with Crippen LogP contribution in [0.5, 0.6) is 0 Å². The molecule has 0 atom stereocenters. The third-order valence-corrected chi connectivity index (χ3v) is 7.52. The van der Waals surface area contributed by atoms with Gasteiger partial charge >= 0.3 is 0 Å². The molecule has 1 N–H and O–H groups in total. The molecule has 2 aromatic carbocycles. The number of benzene rings is 2. The average Bonchev–Trinajstić information content (AvgIpc) is 3.23. The minimum atomic E-state index is -3.67. The molecular formula is C22H22N2O3S2. The number of carbonyl (C=O) groups excluding carboxylic acids is 1. The Morgan fingerprint density at radius 1 is 1.03 bits per heavy atom. The number of rotatable bonds is 4. The molecule has 0 unspecified atom stereocenters. The molecule has 0 saturated carbocycles. The first kappa shape index (κ1) is 19.7. The highest BCUT2D eigenvalue weighted by Gasteiger charge is 2.23. The van der Waals surface area contributed by atoms with Crippen LogP contribution in [0.25, 0.3) is 0 Å². The van der Waals surface area contributed by atoms with Crippen molar-refractivity contribution in [2.24, 2.45) is 0 Å². The second-order valence-corrected chi connectivity index (χ2v) is 9.92. The first-order valence-electron chi connectivity index (χ1n) is 9.38. The summed E-state index contributed by atoms with van der Waals surface area (Å²) in [5.74, 6) is 0.0202. The number of hydrogen-bond acceptors (Lipinski definition) is 4. The first-order valence-corrected chi connectivity index (χ1v) is 11.7. The van der Waals surface area contributed by atoms with E-state index in [1.165, 1.54) is 11.3 Å². The molecule has 1 aliphatic rings. The Balaban J connectivity index is 1.56. The summed E-state index contributed by atoms with van der Waals surface area (Å²) in [5, 5.41) is 1.89. The lowest BCUT2D eigenvalue weighted by Gasteiger charge is -2.29. The lowest BCUT2D eigenvalue weighted by molar-refractivity contribution is 0.0739. The first-order chi connectivity index (χ1) is 13.8. The van der Waals surface area contributed by atoms with Crippen molar-refractivity contribution in [1.29, 1.82) is 0 Å². The van der Waals surface area contributed by atoms with Crippen molar-refractivity contribution in [3.05, 3.63) is 81.0 Å². The smallest absolute Gasteiger partial charge is 0.264 e. The highest BCUT2D eigenvalue weighted by molar-refractivity contribution is 7.92. The summed E-state index contributed by atoms with van der Waals surface area (Å²) in [6.45, 7) is 4.99. The molecule has 2 heterocycles. The lowest BCUT2D eigenvalue weighted by Crippen LogP contribution is -2.35. The summed E-state index contributed by atoms with van der Waals surface area (Å²) in [7, 11) is -3.67. The van der Waals surface area contributed by atoms with Gasteiger partial charge in [-0.1, -0.05) is 18.2 Å². The molecule has 4 rings (SSSR count). The topological polar surface area (TPSA) is 66.5 Å². The highest BCUT2D eigenvalue weighted by Crippen LogP contribution is 2.26. The molecule has 1 aliphatic heterocycles. The Morgan fingerprint density at radius 3 is 2.59 bits per heavy atom. The van der Waals surface area contributed by atoms with Crippen LogP contribution in [0.1, 0.15) is 31.9 Å². The zero-order chi connectivity index (χ0) is 20.6. The summed E-state index contributed by atoms with van der Waals surface area (Å²) in [6.07, 6.45) is 0.761. The number of fused-ring (bicyclic) bond motifs is 1. The van der Waals surface area contributed by atoms with Gasteiger partial charge in [-0.15, -0.1) is 11.3 Å². The van der Waals surface area contributed by atoms with Gasteiger partial charge in [0.15, 0.2) is 0 Å². The van der Waals surface area contributed by atoms with Gasteiger partial charge in [-0.2, -0.15) is 0 Å². The molecule has 0 saturated heterocycles. The van der Waals surface area contributed by atoms with Gasteiger partial charge in [0.1, 0.15) is 0 Å². The Kier molecular flexibility index (Phi) is 5.19. The van der Waals surface area contributed by atoms with E-state index in [1.54, 1.807) is 18.2 Å². The summed E-state index contributed by atoms with van der Waals surface area (Å²) in [4.78, 5) is 15.4. The molecule has 150 valence electrons. The van der Waals surface area contributed by atoms with Crippen LogP contribution in [0.3, 0.4) is 0 Å². The number of nitrogens with one attached hydrogen (secondary N) is 1. The van der Waals surface area contributed by atoms with Gasteiger partial charge in [0.05, 0.1) is 9.77 Å². The molecule has 0 spiro atoms. The largest absolute Gasteiger partial charge is 0.333 e. The lowest BCUT2D eigenvalue weighted by atomic mass is 9.99. The van der Waals surface area contributed by atoms with Crippen LogP contribution in [0.4, 0.5) is 5.69 Å². The van der Waals surface area contributed by atoms with Gasteiger partial charge in [0.2, 0.25) is 0 Å². The second kappa shape index (κ2) is 7.65.